The fourth-order valence-corrected chi connectivity index (χ4v) is 3.83. The van der Waals surface area contributed by atoms with Crippen LogP contribution >= 0.6 is 0 Å². The van der Waals surface area contributed by atoms with Gasteiger partial charge in [0.05, 0.1) is 12.2 Å². The summed E-state index contributed by atoms with van der Waals surface area (Å²) in [6, 6.07) is -4.29. The number of nitrogens with two attached hydrogens (primary N) is 2. The fourth-order valence-electron chi connectivity index (χ4n) is 3.83. The van der Waals surface area contributed by atoms with Crippen molar-refractivity contribution < 1.29 is 29.4 Å². The second-order valence-corrected chi connectivity index (χ2v) is 7.93. The van der Waals surface area contributed by atoms with Crippen molar-refractivity contribution in [2.75, 3.05) is 13.1 Å². The number of amides is 4. The van der Waals surface area contributed by atoms with Crippen molar-refractivity contribution in [2.45, 2.75) is 69.5 Å². The Balaban J connectivity index is 2.19. The van der Waals surface area contributed by atoms with Crippen LogP contribution in [0.1, 0.15) is 33.1 Å². The number of nitrogens with one attached hydrogen (secondary N) is 1. The van der Waals surface area contributed by atoms with Crippen LogP contribution in [-0.4, -0.2) is 93.1 Å². The Hall–Kier alpha value is -2.50. The van der Waals surface area contributed by atoms with Crippen molar-refractivity contribution in [3.8, 4) is 0 Å². The Morgan fingerprint density at radius 3 is 2.30 bits per heavy atom. The third kappa shape index (κ3) is 4.79. The summed E-state index contributed by atoms with van der Waals surface area (Å²) in [5.74, 6) is -2.52. The summed E-state index contributed by atoms with van der Waals surface area (Å²) in [5, 5.41) is 21.7. The van der Waals surface area contributed by atoms with Crippen LogP contribution in [0.4, 0.5) is 0 Å². The average molecular weight is 425 g/mol. The van der Waals surface area contributed by atoms with Gasteiger partial charge in [0.2, 0.25) is 23.6 Å². The van der Waals surface area contributed by atoms with Gasteiger partial charge in [0.1, 0.15) is 24.2 Å². The molecular formula is C19H31N5O6. The molecule has 2 rings (SSSR count). The third-order valence-corrected chi connectivity index (χ3v) is 5.62. The first-order valence-electron chi connectivity index (χ1n) is 9.97. The molecule has 11 heteroatoms. The average Bonchev–Trinajstić information content (AvgIpc) is 3.30. The summed E-state index contributed by atoms with van der Waals surface area (Å²) in [4.78, 5) is 52.7. The van der Waals surface area contributed by atoms with Crippen LogP contribution in [0, 0.1) is 0 Å². The summed E-state index contributed by atoms with van der Waals surface area (Å²) in [6.45, 7) is 7.14. The Labute approximate surface area is 175 Å². The highest BCUT2D eigenvalue weighted by Crippen LogP contribution is 2.28. The number of nitrogens with zero attached hydrogens (tertiary/aromatic N) is 2. The highest BCUT2D eigenvalue weighted by atomic mass is 16.3. The first-order chi connectivity index (χ1) is 14.0. The minimum absolute atomic E-state index is 0.241. The van der Waals surface area contributed by atoms with Crippen molar-refractivity contribution in [3.05, 3.63) is 12.2 Å². The van der Waals surface area contributed by atoms with Gasteiger partial charge in [-0.25, -0.2) is 0 Å². The van der Waals surface area contributed by atoms with Gasteiger partial charge in [-0.3, -0.25) is 19.2 Å². The molecule has 30 heavy (non-hydrogen) atoms. The van der Waals surface area contributed by atoms with Crippen LogP contribution in [0.3, 0.4) is 0 Å². The molecule has 4 amide bonds. The molecule has 7 N–H and O–H groups in total. The lowest BCUT2D eigenvalue weighted by atomic mass is 10.1. The SMILES string of the molecule is C=C1CCN(C(=O)C(N)[C@@H](C)O)[C@@H]1C(=O)N1CCC[C@H]1C(=O)N[C@H](C(N)=O)[C@@H](C)O. The largest absolute Gasteiger partial charge is 0.391 e. The van der Waals surface area contributed by atoms with Gasteiger partial charge in [0, 0.05) is 13.1 Å². The standard InChI is InChI=1S/C19H31N5O6/c1-9-6-8-24(18(29)13(20)10(2)25)15(9)19(30)23-7-4-5-12(23)17(28)22-14(11(3)26)16(21)27/h10-15,25-26H,1,4-8,20H2,2-3H3,(H2,21,27)(H,22,28)/t10-,11-,12+,13?,14+,15+/m1/s1. The minimum Gasteiger partial charge on any atom is -0.391 e. The van der Waals surface area contributed by atoms with Crippen LogP contribution in [0.25, 0.3) is 0 Å². The van der Waals surface area contributed by atoms with Crippen molar-refractivity contribution in [1.29, 1.82) is 0 Å². The molecule has 2 fully saturated rings. The molecule has 2 saturated heterocycles. The summed E-state index contributed by atoms with van der Waals surface area (Å²) in [7, 11) is 0. The lowest BCUT2D eigenvalue weighted by Gasteiger charge is -2.33. The second kappa shape index (κ2) is 9.54. The molecule has 1 unspecified atom stereocenters. The number of aliphatic hydroxyl groups excluding tert-OH is 2. The molecule has 168 valence electrons. The minimum atomic E-state index is -1.28. The molecule has 0 aromatic carbocycles. The zero-order chi connectivity index (χ0) is 22.7. The number of hydrogen-bond donors (Lipinski definition) is 5. The van der Waals surface area contributed by atoms with Gasteiger partial charge in [-0.1, -0.05) is 6.58 Å². The number of carbonyl (C=O) groups excluding carboxylic acids is 4. The van der Waals surface area contributed by atoms with E-state index >= 15 is 0 Å². The summed E-state index contributed by atoms with van der Waals surface area (Å²) < 4.78 is 0. The quantitative estimate of drug-likeness (QED) is 0.273. The molecule has 0 radical (unpaired) electrons. The summed E-state index contributed by atoms with van der Waals surface area (Å²) in [5.41, 5.74) is 11.5. The van der Waals surface area contributed by atoms with E-state index in [9.17, 15) is 29.4 Å². The van der Waals surface area contributed by atoms with Crippen molar-refractivity contribution in [1.82, 2.24) is 15.1 Å². The Morgan fingerprint density at radius 1 is 1.13 bits per heavy atom. The van der Waals surface area contributed by atoms with E-state index in [1.165, 1.54) is 23.6 Å². The first-order valence-corrected chi connectivity index (χ1v) is 9.97. The normalized spacial score (nSPS) is 25.6. The second-order valence-electron chi connectivity index (χ2n) is 7.93. The van der Waals surface area contributed by atoms with Gasteiger partial charge in [-0.05, 0) is 38.7 Å². The van der Waals surface area contributed by atoms with E-state index in [4.69, 9.17) is 11.5 Å². The maximum absolute atomic E-state index is 13.3. The molecule has 2 heterocycles. The van der Waals surface area contributed by atoms with E-state index in [0.29, 0.717) is 31.4 Å². The molecule has 0 aromatic heterocycles. The number of hydrogen-bond acceptors (Lipinski definition) is 7. The Morgan fingerprint density at radius 2 is 1.77 bits per heavy atom. The third-order valence-electron chi connectivity index (χ3n) is 5.62. The number of aliphatic hydroxyl groups is 2. The van der Waals surface area contributed by atoms with E-state index in [2.05, 4.69) is 11.9 Å². The molecule has 2 aliphatic heterocycles. The van der Waals surface area contributed by atoms with Crippen molar-refractivity contribution in [3.63, 3.8) is 0 Å². The van der Waals surface area contributed by atoms with Crippen LogP contribution < -0.4 is 16.8 Å². The van der Waals surface area contributed by atoms with Crippen LogP contribution in [0.15, 0.2) is 12.2 Å². The predicted octanol–water partition coefficient (Wildman–Crippen LogP) is -2.81. The maximum atomic E-state index is 13.3. The lowest BCUT2D eigenvalue weighted by molar-refractivity contribution is -0.147. The topological polar surface area (TPSA) is 179 Å². The van der Waals surface area contributed by atoms with Crippen molar-refractivity contribution in [2.24, 2.45) is 11.5 Å². The van der Waals surface area contributed by atoms with Gasteiger partial charge in [0.25, 0.3) is 0 Å². The monoisotopic (exact) mass is 425 g/mol. The molecule has 0 aromatic rings. The van der Waals surface area contributed by atoms with E-state index in [1.807, 2.05) is 0 Å². The molecule has 0 bridgehead atoms. The van der Waals surface area contributed by atoms with Gasteiger partial charge in [-0.2, -0.15) is 0 Å². The van der Waals surface area contributed by atoms with Crippen molar-refractivity contribution >= 4 is 23.6 Å². The molecule has 0 aliphatic carbocycles. The molecule has 2 aliphatic rings. The van der Waals surface area contributed by atoms with Gasteiger partial charge in [-0.15, -0.1) is 0 Å². The maximum Gasteiger partial charge on any atom is 0.250 e. The summed E-state index contributed by atoms with van der Waals surface area (Å²) >= 11 is 0. The van der Waals surface area contributed by atoms with Gasteiger partial charge < -0.3 is 36.8 Å². The number of likely N-dealkylation sites (tertiary alicyclic amines) is 2. The predicted molar refractivity (Wildman–Crippen MR) is 106 cm³/mol. The smallest absolute Gasteiger partial charge is 0.250 e. The fraction of sp³-hybridized carbons (Fsp3) is 0.684. The Bertz CT molecular complexity index is 724. The van der Waals surface area contributed by atoms with Crippen LogP contribution in [0.5, 0.6) is 0 Å². The highest BCUT2D eigenvalue weighted by molar-refractivity contribution is 5.97. The zero-order valence-electron chi connectivity index (χ0n) is 17.3. The van der Waals surface area contributed by atoms with Gasteiger partial charge in [0.15, 0.2) is 0 Å². The van der Waals surface area contributed by atoms with E-state index < -0.39 is 60.0 Å². The molecule has 0 saturated carbocycles. The van der Waals surface area contributed by atoms with E-state index in [0.717, 1.165) is 0 Å². The van der Waals surface area contributed by atoms with Crippen LogP contribution in [-0.2, 0) is 19.2 Å². The Kier molecular flexibility index (Phi) is 7.56. The lowest BCUT2D eigenvalue weighted by Crippen LogP contribution is -2.59. The molecular weight excluding hydrogens is 394 g/mol. The highest BCUT2D eigenvalue weighted by Gasteiger charge is 2.45. The number of rotatable bonds is 7. The molecule has 11 nitrogen and oxygen atoms in total. The van der Waals surface area contributed by atoms with Crippen LogP contribution in [0.2, 0.25) is 0 Å². The van der Waals surface area contributed by atoms with E-state index in [1.54, 1.807) is 0 Å². The molecule has 6 atom stereocenters. The number of primary amides is 1. The van der Waals surface area contributed by atoms with E-state index in [-0.39, 0.29) is 6.54 Å². The van der Waals surface area contributed by atoms with Gasteiger partial charge >= 0.3 is 0 Å². The first kappa shape index (κ1) is 23.8. The number of carbonyl (C=O) groups is 4. The zero-order valence-corrected chi connectivity index (χ0v) is 17.3. The molecule has 0 spiro atoms. The summed E-state index contributed by atoms with van der Waals surface area (Å²) in [6.07, 6.45) is -0.950.